The van der Waals surface area contributed by atoms with Crippen molar-refractivity contribution >= 4 is 5.97 Å². The molecule has 0 atom stereocenters. The van der Waals surface area contributed by atoms with Crippen molar-refractivity contribution in [3.63, 3.8) is 0 Å². The maximum absolute atomic E-state index is 11.0. The van der Waals surface area contributed by atoms with Crippen LogP contribution in [0.1, 0.15) is 48.5 Å². The molecule has 0 unspecified atom stereocenters. The molecule has 0 aliphatic heterocycles. The molecule has 0 saturated heterocycles. The molecule has 0 N–H and O–H groups in total. The van der Waals surface area contributed by atoms with Gasteiger partial charge in [0.05, 0.1) is 0 Å². The third-order valence-corrected chi connectivity index (χ3v) is 1.87. The van der Waals surface area contributed by atoms with Gasteiger partial charge in [0, 0.05) is 6.42 Å². The first-order valence-corrected chi connectivity index (χ1v) is 4.68. The Bertz CT molecular complexity index is 131. The lowest BCUT2D eigenvalue weighted by atomic mass is 9.96. The Morgan fingerprint density at radius 3 is 1.77 bits per heavy atom. The fourth-order valence-electron chi connectivity index (χ4n) is 1.28. The SMILES string of the molecule is C.CCC(=O)OC(C(C)C)C(C)C. The van der Waals surface area contributed by atoms with Gasteiger partial charge in [-0.25, -0.2) is 0 Å². The Morgan fingerprint density at radius 2 is 1.54 bits per heavy atom. The summed E-state index contributed by atoms with van der Waals surface area (Å²) in [4.78, 5) is 11.0. The van der Waals surface area contributed by atoms with Crippen LogP contribution in [0.25, 0.3) is 0 Å². The van der Waals surface area contributed by atoms with Gasteiger partial charge in [0.15, 0.2) is 0 Å². The molecule has 0 heterocycles. The van der Waals surface area contributed by atoms with E-state index in [-0.39, 0.29) is 19.5 Å². The largest absolute Gasteiger partial charge is 0.462 e. The molecule has 0 aliphatic rings. The first kappa shape index (κ1) is 15.0. The lowest BCUT2D eigenvalue weighted by Crippen LogP contribution is -2.28. The number of ether oxygens (including phenoxy) is 1. The fraction of sp³-hybridized carbons (Fsp3) is 0.909. The van der Waals surface area contributed by atoms with Gasteiger partial charge in [-0.15, -0.1) is 0 Å². The van der Waals surface area contributed by atoms with E-state index in [9.17, 15) is 4.79 Å². The van der Waals surface area contributed by atoms with Crippen LogP contribution in [0, 0.1) is 11.8 Å². The van der Waals surface area contributed by atoms with Crippen molar-refractivity contribution in [3.8, 4) is 0 Å². The minimum Gasteiger partial charge on any atom is -0.462 e. The summed E-state index contributed by atoms with van der Waals surface area (Å²) in [5.74, 6) is 0.711. The van der Waals surface area contributed by atoms with Crippen LogP contribution >= 0.6 is 0 Å². The van der Waals surface area contributed by atoms with E-state index >= 15 is 0 Å². The Hall–Kier alpha value is -0.530. The van der Waals surface area contributed by atoms with Crippen molar-refractivity contribution in [2.24, 2.45) is 11.8 Å². The van der Waals surface area contributed by atoms with Gasteiger partial charge in [0.1, 0.15) is 6.10 Å². The summed E-state index contributed by atoms with van der Waals surface area (Å²) in [6.45, 7) is 10.1. The molecule has 2 heteroatoms. The zero-order chi connectivity index (χ0) is 9.72. The van der Waals surface area contributed by atoms with Crippen LogP contribution in [0.3, 0.4) is 0 Å². The summed E-state index contributed by atoms with van der Waals surface area (Å²) < 4.78 is 5.28. The zero-order valence-electron chi connectivity index (χ0n) is 8.76. The summed E-state index contributed by atoms with van der Waals surface area (Å²) in [6.07, 6.45) is 0.535. The number of carbonyl (C=O) groups is 1. The molecule has 80 valence electrons. The summed E-state index contributed by atoms with van der Waals surface area (Å²) in [7, 11) is 0. The van der Waals surface area contributed by atoms with Gasteiger partial charge in [-0.3, -0.25) is 4.79 Å². The second-order valence-corrected chi connectivity index (χ2v) is 3.80. The van der Waals surface area contributed by atoms with Gasteiger partial charge in [-0.05, 0) is 11.8 Å². The molecule has 0 aromatic heterocycles. The van der Waals surface area contributed by atoms with E-state index < -0.39 is 0 Å². The lowest BCUT2D eigenvalue weighted by Gasteiger charge is -2.24. The number of carbonyl (C=O) groups excluding carboxylic acids is 1. The molecule has 0 aliphatic carbocycles. The van der Waals surface area contributed by atoms with Gasteiger partial charge in [0.25, 0.3) is 0 Å². The highest BCUT2D eigenvalue weighted by Gasteiger charge is 2.20. The first-order chi connectivity index (χ1) is 5.49. The van der Waals surface area contributed by atoms with Crippen LogP contribution in [0.2, 0.25) is 0 Å². The van der Waals surface area contributed by atoms with Crippen LogP contribution in [-0.4, -0.2) is 12.1 Å². The van der Waals surface area contributed by atoms with Crippen molar-refractivity contribution in [3.05, 3.63) is 0 Å². The van der Waals surface area contributed by atoms with Crippen molar-refractivity contribution in [1.29, 1.82) is 0 Å². The maximum Gasteiger partial charge on any atom is 0.305 e. The molecule has 0 aromatic carbocycles. The van der Waals surface area contributed by atoms with Gasteiger partial charge in [-0.1, -0.05) is 42.0 Å². The van der Waals surface area contributed by atoms with E-state index in [0.29, 0.717) is 18.3 Å². The molecule has 0 aromatic rings. The summed E-state index contributed by atoms with van der Waals surface area (Å²) in [5.41, 5.74) is 0. The second kappa shape index (κ2) is 6.93. The molecule has 0 saturated carbocycles. The topological polar surface area (TPSA) is 26.3 Å². The van der Waals surface area contributed by atoms with Crippen LogP contribution in [-0.2, 0) is 9.53 Å². The van der Waals surface area contributed by atoms with Crippen LogP contribution in [0.5, 0.6) is 0 Å². The zero-order valence-corrected chi connectivity index (χ0v) is 8.76. The predicted molar refractivity (Wildman–Crippen MR) is 56.6 cm³/mol. The van der Waals surface area contributed by atoms with E-state index in [4.69, 9.17) is 4.74 Å². The van der Waals surface area contributed by atoms with Crippen molar-refractivity contribution in [2.75, 3.05) is 0 Å². The Kier molecular flexibility index (Phi) is 7.98. The standard InChI is InChI=1S/C10H20O2.CH4/c1-6-9(11)12-10(7(2)3)8(4)5;/h7-8,10H,6H2,1-5H3;1H4. The van der Waals surface area contributed by atoms with E-state index in [0.717, 1.165) is 0 Å². The van der Waals surface area contributed by atoms with E-state index in [2.05, 4.69) is 27.7 Å². The summed E-state index contributed by atoms with van der Waals surface area (Å²) in [5, 5.41) is 0. The highest BCUT2D eigenvalue weighted by atomic mass is 16.5. The van der Waals surface area contributed by atoms with Gasteiger partial charge >= 0.3 is 5.97 Å². The molecule has 0 bridgehead atoms. The minimum absolute atomic E-state index is 0. The van der Waals surface area contributed by atoms with E-state index in [1.807, 2.05) is 6.92 Å². The van der Waals surface area contributed by atoms with Crippen molar-refractivity contribution < 1.29 is 9.53 Å². The van der Waals surface area contributed by atoms with Crippen molar-refractivity contribution in [2.45, 2.75) is 54.6 Å². The maximum atomic E-state index is 11.0. The van der Waals surface area contributed by atoms with E-state index in [1.54, 1.807) is 0 Å². The highest BCUT2D eigenvalue weighted by molar-refractivity contribution is 5.69. The average molecular weight is 188 g/mol. The minimum atomic E-state index is -0.0950. The molecular weight excluding hydrogens is 164 g/mol. The average Bonchev–Trinajstić information content (AvgIpc) is 1.98. The first-order valence-electron chi connectivity index (χ1n) is 4.68. The molecule has 0 fully saturated rings. The Morgan fingerprint density at radius 1 is 1.15 bits per heavy atom. The fourth-order valence-corrected chi connectivity index (χ4v) is 1.28. The van der Waals surface area contributed by atoms with Crippen molar-refractivity contribution in [1.82, 2.24) is 0 Å². The molecule has 0 amide bonds. The summed E-state index contributed by atoms with van der Waals surface area (Å²) in [6, 6.07) is 0. The third-order valence-electron chi connectivity index (χ3n) is 1.87. The highest BCUT2D eigenvalue weighted by Crippen LogP contribution is 2.16. The molecule has 13 heavy (non-hydrogen) atoms. The monoisotopic (exact) mass is 188 g/mol. The third kappa shape index (κ3) is 5.67. The number of esters is 1. The lowest BCUT2D eigenvalue weighted by molar-refractivity contribution is -0.153. The van der Waals surface area contributed by atoms with E-state index in [1.165, 1.54) is 0 Å². The molecule has 0 radical (unpaired) electrons. The smallest absolute Gasteiger partial charge is 0.305 e. The molecular formula is C11H24O2. The number of hydrogen-bond acceptors (Lipinski definition) is 2. The van der Waals surface area contributed by atoms with Crippen LogP contribution in [0.4, 0.5) is 0 Å². The number of hydrogen-bond donors (Lipinski definition) is 0. The van der Waals surface area contributed by atoms with Crippen LogP contribution in [0.15, 0.2) is 0 Å². The second-order valence-electron chi connectivity index (χ2n) is 3.80. The molecule has 0 spiro atoms. The number of rotatable bonds is 4. The summed E-state index contributed by atoms with van der Waals surface area (Å²) >= 11 is 0. The quantitative estimate of drug-likeness (QED) is 0.633. The predicted octanol–water partition coefficient (Wildman–Crippen LogP) is 3.26. The normalized spacial score (nSPS) is 10.5. The Labute approximate surface area is 82.7 Å². The molecule has 0 rings (SSSR count). The van der Waals surface area contributed by atoms with Gasteiger partial charge in [0.2, 0.25) is 0 Å². The van der Waals surface area contributed by atoms with Gasteiger partial charge < -0.3 is 4.74 Å². The Balaban J connectivity index is 0. The van der Waals surface area contributed by atoms with Gasteiger partial charge in [-0.2, -0.15) is 0 Å². The molecule has 2 nitrogen and oxygen atoms in total. The van der Waals surface area contributed by atoms with Crippen LogP contribution < -0.4 is 0 Å².